The molecule has 2 aromatic heterocycles. The Morgan fingerprint density at radius 3 is 2.82 bits per heavy atom. The maximum absolute atomic E-state index is 12.3. The van der Waals surface area contributed by atoms with E-state index in [0.717, 1.165) is 16.8 Å². The SMILES string of the molecule is Cc1ccc(C)c(NC(=O)c2ccn(Cn3cccn3)n2)c1. The molecule has 22 heavy (non-hydrogen) atoms. The Labute approximate surface area is 128 Å². The van der Waals surface area contributed by atoms with Gasteiger partial charge in [0.1, 0.15) is 6.67 Å². The second kappa shape index (κ2) is 5.85. The molecule has 0 unspecified atom stereocenters. The first kappa shape index (κ1) is 14.1. The van der Waals surface area contributed by atoms with Crippen LogP contribution in [-0.2, 0) is 6.67 Å². The summed E-state index contributed by atoms with van der Waals surface area (Å²) < 4.78 is 3.41. The minimum atomic E-state index is -0.215. The number of amides is 1. The quantitative estimate of drug-likeness (QED) is 0.804. The molecule has 0 saturated carbocycles. The van der Waals surface area contributed by atoms with E-state index < -0.39 is 0 Å². The van der Waals surface area contributed by atoms with Gasteiger partial charge in [0.05, 0.1) is 0 Å². The zero-order valence-electron chi connectivity index (χ0n) is 12.5. The van der Waals surface area contributed by atoms with Gasteiger partial charge < -0.3 is 5.32 Å². The molecule has 112 valence electrons. The maximum Gasteiger partial charge on any atom is 0.276 e. The van der Waals surface area contributed by atoms with Gasteiger partial charge in [0.25, 0.3) is 5.91 Å². The average Bonchev–Trinajstić information content (AvgIpc) is 3.15. The fourth-order valence-corrected chi connectivity index (χ4v) is 2.15. The fraction of sp³-hybridized carbons (Fsp3) is 0.188. The van der Waals surface area contributed by atoms with Crippen molar-refractivity contribution in [2.45, 2.75) is 20.5 Å². The highest BCUT2D eigenvalue weighted by Gasteiger charge is 2.11. The van der Waals surface area contributed by atoms with Gasteiger partial charge in [-0.05, 0) is 43.2 Å². The van der Waals surface area contributed by atoms with Crippen LogP contribution in [-0.4, -0.2) is 25.5 Å². The molecule has 6 nitrogen and oxygen atoms in total. The van der Waals surface area contributed by atoms with Crippen molar-refractivity contribution in [1.82, 2.24) is 19.6 Å². The van der Waals surface area contributed by atoms with Crippen molar-refractivity contribution >= 4 is 11.6 Å². The third-order valence-electron chi connectivity index (χ3n) is 3.36. The van der Waals surface area contributed by atoms with Gasteiger partial charge in [0, 0.05) is 24.3 Å². The molecule has 0 saturated heterocycles. The smallest absolute Gasteiger partial charge is 0.276 e. The third-order valence-corrected chi connectivity index (χ3v) is 3.36. The predicted molar refractivity (Wildman–Crippen MR) is 83.7 cm³/mol. The molecule has 0 radical (unpaired) electrons. The second-order valence-corrected chi connectivity index (χ2v) is 5.20. The molecular formula is C16H17N5O. The number of nitrogens with zero attached hydrogens (tertiary/aromatic N) is 4. The fourth-order valence-electron chi connectivity index (χ4n) is 2.15. The van der Waals surface area contributed by atoms with Gasteiger partial charge in [-0.3, -0.25) is 14.2 Å². The van der Waals surface area contributed by atoms with Crippen LogP contribution in [0.4, 0.5) is 5.69 Å². The summed E-state index contributed by atoms with van der Waals surface area (Å²) >= 11 is 0. The highest BCUT2D eigenvalue weighted by Crippen LogP contribution is 2.17. The van der Waals surface area contributed by atoms with Crippen LogP contribution in [0.15, 0.2) is 48.9 Å². The number of carbonyl (C=O) groups is 1. The van der Waals surface area contributed by atoms with E-state index in [9.17, 15) is 4.79 Å². The Kier molecular flexibility index (Phi) is 3.74. The summed E-state index contributed by atoms with van der Waals surface area (Å²) in [4.78, 5) is 12.3. The van der Waals surface area contributed by atoms with E-state index in [1.54, 1.807) is 27.8 Å². The van der Waals surface area contributed by atoms with E-state index in [1.807, 2.05) is 44.3 Å². The number of aryl methyl sites for hydroxylation is 2. The van der Waals surface area contributed by atoms with E-state index >= 15 is 0 Å². The van der Waals surface area contributed by atoms with Crippen LogP contribution >= 0.6 is 0 Å². The summed E-state index contributed by atoms with van der Waals surface area (Å²) in [6.07, 6.45) is 5.31. The first-order valence-corrected chi connectivity index (χ1v) is 7.01. The van der Waals surface area contributed by atoms with Crippen molar-refractivity contribution in [2.24, 2.45) is 0 Å². The molecule has 3 aromatic rings. The predicted octanol–water partition coefficient (Wildman–Crippen LogP) is 2.45. The van der Waals surface area contributed by atoms with Crippen molar-refractivity contribution in [3.05, 3.63) is 65.7 Å². The Morgan fingerprint density at radius 2 is 2.05 bits per heavy atom. The zero-order chi connectivity index (χ0) is 15.5. The summed E-state index contributed by atoms with van der Waals surface area (Å²) in [5, 5.41) is 11.3. The van der Waals surface area contributed by atoms with E-state index in [4.69, 9.17) is 0 Å². The Balaban J connectivity index is 1.72. The Hall–Kier alpha value is -2.89. The second-order valence-electron chi connectivity index (χ2n) is 5.20. The molecule has 0 aliphatic heterocycles. The van der Waals surface area contributed by atoms with Crippen molar-refractivity contribution in [3.8, 4) is 0 Å². The normalized spacial score (nSPS) is 10.6. The molecule has 0 fully saturated rings. The monoisotopic (exact) mass is 295 g/mol. The van der Waals surface area contributed by atoms with Gasteiger partial charge in [-0.25, -0.2) is 0 Å². The first-order valence-electron chi connectivity index (χ1n) is 7.01. The van der Waals surface area contributed by atoms with Gasteiger partial charge in [-0.15, -0.1) is 0 Å². The molecular weight excluding hydrogens is 278 g/mol. The van der Waals surface area contributed by atoms with Gasteiger partial charge >= 0.3 is 0 Å². The van der Waals surface area contributed by atoms with Crippen LogP contribution in [0.5, 0.6) is 0 Å². The van der Waals surface area contributed by atoms with Crippen molar-refractivity contribution in [1.29, 1.82) is 0 Å². The zero-order valence-corrected chi connectivity index (χ0v) is 12.5. The summed E-state index contributed by atoms with van der Waals surface area (Å²) in [6.45, 7) is 4.43. The number of carbonyl (C=O) groups excluding carboxylic acids is 1. The number of rotatable bonds is 4. The van der Waals surface area contributed by atoms with Crippen LogP contribution in [0.3, 0.4) is 0 Å². The number of benzene rings is 1. The molecule has 0 aliphatic rings. The van der Waals surface area contributed by atoms with Gasteiger partial charge in [-0.1, -0.05) is 12.1 Å². The lowest BCUT2D eigenvalue weighted by Gasteiger charge is -2.08. The molecule has 0 atom stereocenters. The molecule has 2 heterocycles. The van der Waals surface area contributed by atoms with E-state index in [1.165, 1.54) is 0 Å². The number of hydrogen-bond acceptors (Lipinski definition) is 3. The molecule has 1 amide bonds. The largest absolute Gasteiger partial charge is 0.320 e. The lowest BCUT2D eigenvalue weighted by atomic mass is 10.1. The minimum Gasteiger partial charge on any atom is -0.320 e. The number of aromatic nitrogens is 4. The molecule has 1 N–H and O–H groups in total. The van der Waals surface area contributed by atoms with E-state index in [2.05, 4.69) is 15.5 Å². The van der Waals surface area contributed by atoms with Gasteiger partial charge in [-0.2, -0.15) is 10.2 Å². The van der Waals surface area contributed by atoms with Crippen molar-refractivity contribution in [3.63, 3.8) is 0 Å². The minimum absolute atomic E-state index is 0.215. The molecule has 0 spiro atoms. The summed E-state index contributed by atoms with van der Waals surface area (Å²) in [5.74, 6) is -0.215. The topological polar surface area (TPSA) is 64.7 Å². The number of nitrogens with one attached hydrogen (secondary N) is 1. The molecule has 1 aromatic carbocycles. The summed E-state index contributed by atoms with van der Waals surface area (Å²) in [7, 11) is 0. The van der Waals surface area contributed by atoms with Crippen LogP contribution in [0.1, 0.15) is 21.6 Å². The molecule has 3 rings (SSSR count). The van der Waals surface area contributed by atoms with Crippen molar-refractivity contribution in [2.75, 3.05) is 5.32 Å². The van der Waals surface area contributed by atoms with E-state index in [0.29, 0.717) is 12.4 Å². The number of hydrogen-bond donors (Lipinski definition) is 1. The highest BCUT2D eigenvalue weighted by atomic mass is 16.1. The van der Waals surface area contributed by atoms with Gasteiger partial charge in [0.15, 0.2) is 5.69 Å². The lowest BCUT2D eigenvalue weighted by Crippen LogP contribution is -2.15. The highest BCUT2D eigenvalue weighted by molar-refractivity contribution is 6.03. The standard InChI is InChI=1S/C16H17N5O/c1-12-4-5-13(2)15(10-12)18-16(22)14-6-9-21(19-14)11-20-8-3-7-17-20/h3-10H,11H2,1-2H3,(H,18,22). The molecule has 0 aliphatic carbocycles. The van der Waals surface area contributed by atoms with Crippen LogP contribution in [0.25, 0.3) is 0 Å². The van der Waals surface area contributed by atoms with Crippen LogP contribution in [0, 0.1) is 13.8 Å². The summed E-state index contributed by atoms with van der Waals surface area (Å²) in [5.41, 5.74) is 3.32. The first-order chi connectivity index (χ1) is 10.6. The summed E-state index contributed by atoms with van der Waals surface area (Å²) in [6, 6.07) is 9.50. The van der Waals surface area contributed by atoms with E-state index in [-0.39, 0.29) is 5.91 Å². The third kappa shape index (κ3) is 3.06. The van der Waals surface area contributed by atoms with Gasteiger partial charge in [0.2, 0.25) is 0 Å². The molecule has 0 bridgehead atoms. The van der Waals surface area contributed by atoms with Crippen molar-refractivity contribution < 1.29 is 4.79 Å². The van der Waals surface area contributed by atoms with Crippen LogP contribution < -0.4 is 5.32 Å². The van der Waals surface area contributed by atoms with Crippen LogP contribution in [0.2, 0.25) is 0 Å². The Morgan fingerprint density at radius 1 is 1.18 bits per heavy atom. The Bertz CT molecular complexity index is 789. The maximum atomic E-state index is 12.3. The average molecular weight is 295 g/mol. The molecule has 6 heteroatoms. The lowest BCUT2D eigenvalue weighted by molar-refractivity contribution is 0.102. The number of anilines is 1.